The highest BCUT2D eigenvalue weighted by atomic mass is 32.2. The third-order valence-electron chi connectivity index (χ3n) is 2.84. The summed E-state index contributed by atoms with van der Waals surface area (Å²) in [6.07, 6.45) is 1.04. The maximum absolute atomic E-state index is 9.08. The van der Waals surface area contributed by atoms with Gasteiger partial charge in [-0.1, -0.05) is 18.2 Å². The van der Waals surface area contributed by atoms with Gasteiger partial charge in [-0.3, -0.25) is 0 Å². The van der Waals surface area contributed by atoms with E-state index in [-0.39, 0.29) is 25.3 Å². The normalized spacial score (nSPS) is 19.8. The van der Waals surface area contributed by atoms with E-state index < -0.39 is 0 Å². The molecule has 1 heterocycles. The fourth-order valence-corrected chi connectivity index (χ4v) is 3.09. The average Bonchev–Trinajstić information content (AvgIpc) is 2.36. The molecule has 2 rings (SSSR count). The van der Waals surface area contributed by atoms with Gasteiger partial charge in [0.15, 0.2) is 0 Å². The van der Waals surface area contributed by atoms with Crippen LogP contribution in [0.5, 0.6) is 0 Å². The van der Waals surface area contributed by atoms with Crippen molar-refractivity contribution in [3.05, 3.63) is 29.8 Å². The van der Waals surface area contributed by atoms with Gasteiger partial charge in [-0.2, -0.15) is 0 Å². The lowest BCUT2D eigenvalue weighted by Crippen LogP contribution is -2.39. The number of fused-ring (bicyclic) bond motifs is 1. The van der Waals surface area contributed by atoms with Gasteiger partial charge < -0.3 is 15.5 Å². The van der Waals surface area contributed by atoms with E-state index in [1.165, 1.54) is 10.5 Å². The Hall–Kier alpha value is -0.550. The van der Waals surface area contributed by atoms with Gasteiger partial charge in [0, 0.05) is 10.9 Å². The van der Waals surface area contributed by atoms with Crippen molar-refractivity contribution in [2.24, 2.45) is 0 Å². The molecule has 16 heavy (non-hydrogen) atoms. The van der Waals surface area contributed by atoms with Crippen LogP contribution >= 0.6 is 11.8 Å². The van der Waals surface area contributed by atoms with Crippen LogP contribution in [0.1, 0.15) is 18.0 Å². The smallest absolute Gasteiger partial charge is 0.0607 e. The van der Waals surface area contributed by atoms with Crippen molar-refractivity contribution in [3.8, 4) is 0 Å². The van der Waals surface area contributed by atoms with Crippen molar-refractivity contribution in [1.29, 1.82) is 0 Å². The predicted octanol–water partition coefficient (Wildman–Crippen LogP) is 1.17. The van der Waals surface area contributed by atoms with Crippen LogP contribution in [0.25, 0.3) is 0 Å². The Labute approximate surface area is 99.9 Å². The molecule has 1 aromatic carbocycles. The molecule has 0 bridgehead atoms. The van der Waals surface area contributed by atoms with Gasteiger partial charge in [-0.15, -0.1) is 11.8 Å². The van der Waals surface area contributed by atoms with Crippen LogP contribution in [0.3, 0.4) is 0 Å². The summed E-state index contributed by atoms with van der Waals surface area (Å²) in [5, 5.41) is 21.5. The average molecular weight is 239 g/mol. The van der Waals surface area contributed by atoms with Crippen molar-refractivity contribution in [3.63, 3.8) is 0 Å². The highest BCUT2D eigenvalue weighted by molar-refractivity contribution is 7.99. The zero-order valence-corrected chi connectivity index (χ0v) is 9.91. The number of aliphatic hydroxyl groups is 2. The lowest BCUT2D eigenvalue weighted by molar-refractivity contribution is 0.160. The first kappa shape index (κ1) is 11.9. The monoisotopic (exact) mass is 239 g/mol. The Morgan fingerprint density at radius 1 is 1.31 bits per heavy atom. The number of aliphatic hydroxyl groups excluding tert-OH is 2. The number of benzene rings is 1. The van der Waals surface area contributed by atoms with Gasteiger partial charge in [-0.05, 0) is 23.8 Å². The molecule has 0 aliphatic carbocycles. The summed E-state index contributed by atoms with van der Waals surface area (Å²) >= 11 is 1.87. The van der Waals surface area contributed by atoms with Crippen LogP contribution in [-0.2, 0) is 0 Å². The first-order chi connectivity index (χ1) is 7.85. The topological polar surface area (TPSA) is 52.5 Å². The van der Waals surface area contributed by atoms with E-state index >= 15 is 0 Å². The zero-order valence-electron chi connectivity index (χ0n) is 9.10. The quantitative estimate of drug-likeness (QED) is 0.738. The molecule has 88 valence electrons. The summed E-state index contributed by atoms with van der Waals surface area (Å²) in [7, 11) is 0. The highest BCUT2D eigenvalue weighted by Crippen LogP contribution is 2.35. The van der Waals surface area contributed by atoms with Crippen LogP contribution < -0.4 is 5.32 Å². The Morgan fingerprint density at radius 2 is 2.06 bits per heavy atom. The number of rotatable bonds is 4. The summed E-state index contributed by atoms with van der Waals surface area (Å²) in [5.74, 6) is 1.08. The Morgan fingerprint density at radius 3 is 2.81 bits per heavy atom. The molecule has 0 spiro atoms. The van der Waals surface area contributed by atoms with Crippen LogP contribution in [0.15, 0.2) is 29.2 Å². The number of hydrogen-bond acceptors (Lipinski definition) is 4. The Kier molecular flexibility index (Phi) is 4.23. The summed E-state index contributed by atoms with van der Waals surface area (Å²) in [5.41, 5.74) is 1.28. The maximum atomic E-state index is 9.08. The van der Waals surface area contributed by atoms with Gasteiger partial charge in [0.2, 0.25) is 0 Å². The van der Waals surface area contributed by atoms with Crippen LogP contribution in [-0.4, -0.2) is 35.2 Å². The number of nitrogens with one attached hydrogen (secondary N) is 1. The van der Waals surface area contributed by atoms with Crippen molar-refractivity contribution in [2.45, 2.75) is 23.4 Å². The van der Waals surface area contributed by atoms with E-state index in [1.54, 1.807) is 0 Å². The molecule has 0 amide bonds. The molecule has 0 saturated heterocycles. The van der Waals surface area contributed by atoms with Gasteiger partial charge in [-0.25, -0.2) is 0 Å². The van der Waals surface area contributed by atoms with Crippen LogP contribution in [0.2, 0.25) is 0 Å². The molecule has 1 aromatic rings. The van der Waals surface area contributed by atoms with E-state index in [0.29, 0.717) is 0 Å². The number of thioether (sulfide) groups is 1. The minimum absolute atomic E-state index is 0.0255. The first-order valence-corrected chi connectivity index (χ1v) is 6.53. The molecule has 0 aromatic heterocycles. The molecular formula is C12H17NO2S. The van der Waals surface area contributed by atoms with Gasteiger partial charge in [0.05, 0.1) is 19.3 Å². The van der Waals surface area contributed by atoms with Gasteiger partial charge in [0.1, 0.15) is 0 Å². The molecule has 1 aliphatic heterocycles. The van der Waals surface area contributed by atoms with Gasteiger partial charge in [0.25, 0.3) is 0 Å². The maximum Gasteiger partial charge on any atom is 0.0607 e. The minimum Gasteiger partial charge on any atom is -0.395 e. The third kappa shape index (κ3) is 2.58. The third-order valence-corrected chi connectivity index (χ3v) is 3.96. The van der Waals surface area contributed by atoms with Crippen LogP contribution in [0, 0.1) is 0 Å². The second-order valence-electron chi connectivity index (χ2n) is 3.96. The van der Waals surface area contributed by atoms with Crippen molar-refractivity contribution in [2.75, 3.05) is 19.0 Å². The van der Waals surface area contributed by atoms with Gasteiger partial charge >= 0.3 is 0 Å². The minimum atomic E-state index is -0.221. The fraction of sp³-hybridized carbons (Fsp3) is 0.500. The zero-order chi connectivity index (χ0) is 11.4. The van der Waals surface area contributed by atoms with E-state index in [0.717, 1.165) is 12.2 Å². The molecule has 4 heteroatoms. The van der Waals surface area contributed by atoms with E-state index in [9.17, 15) is 0 Å². The second-order valence-corrected chi connectivity index (χ2v) is 5.09. The molecular weight excluding hydrogens is 222 g/mol. The molecule has 0 saturated carbocycles. The molecule has 3 N–H and O–H groups in total. The summed E-state index contributed by atoms with van der Waals surface area (Å²) in [4.78, 5) is 1.31. The van der Waals surface area contributed by atoms with Crippen molar-refractivity contribution < 1.29 is 10.2 Å². The highest BCUT2D eigenvalue weighted by Gasteiger charge is 2.22. The summed E-state index contributed by atoms with van der Waals surface area (Å²) in [6.45, 7) is -0.0510. The molecule has 0 fully saturated rings. The molecule has 1 atom stereocenters. The predicted molar refractivity (Wildman–Crippen MR) is 65.6 cm³/mol. The van der Waals surface area contributed by atoms with E-state index in [4.69, 9.17) is 10.2 Å². The lowest BCUT2D eigenvalue weighted by Gasteiger charge is -2.28. The first-order valence-electron chi connectivity index (χ1n) is 5.54. The Bertz CT molecular complexity index is 342. The SMILES string of the molecule is OCC(CO)NC1CCSc2ccccc21. The number of hydrogen-bond donors (Lipinski definition) is 3. The molecule has 1 aliphatic rings. The second kappa shape index (κ2) is 5.68. The molecule has 1 unspecified atom stereocenters. The summed E-state index contributed by atoms with van der Waals surface area (Å²) < 4.78 is 0. The largest absolute Gasteiger partial charge is 0.395 e. The molecule has 0 radical (unpaired) electrons. The lowest BCUT2D eigenvalue weighted by atomic mass is 10.0. The van der Waals surface area contributed by atoms with Crippen LogP contribution in [0.4, 0.5) is 0 Å². The fourth-order valence-electron chi connectivity index (χ4n) is 1.96. The van der Waals surface area contributed by atoms with E-state index in [2.05, 4.69) is 17.4 Å². The van der Waals surface area contributed by atoms with Crippen molar-refractivity contribution in [1.82, 2.24) is 5.32 Å². The standard InChI is InChI=1S/C12H17NO2S/c14-7-9(8-15)13-11-5-6-16-12-4-2-1-3-10(11)12/h1-4,9,11,13-15H,5-8H2. The van der Waals surface area contributed by atoms with E-state index in [1.807, 2.05) is 23.9 Å². The molecule has 3 nitrogen and oxygen atoms in total. The van der Waals surface area contributed by atoms with Crippen molar-refractivity contribution >= 4 is 11.8 Å². The summed E-state index contributed by atoms with van der Waals surface area (Å²) in [6, 6.07) is 8.35. The Balaban J connectivity index is 2.12.